The lowest BCUT2D eigenvalue weighted by Gasteiger charge is -2.14. The molecule has 1 fully saturated rings. The molecule has 0 bridgehead atoms. The minimum absolute atomic E-state index is 0.0255. The number of carbonyl (C=O) groups is 1. The van der Waals surface area contributed by atoms with Crippen molar-refractivity contribution >= 4 is 15.7 Å². The summed E-state index contributed by atoms with van der Waals surface area (Å²) in [5, 5.41) is 2.66. The molecule has 0 unspecified atom stereocenters. The van der Waals surface area contributed by atoms with Gasteiger partial charge in [0.05, 0.1) is 23.3 Å². The summed E-state index contributed by atoms with van der Waals surface area (Å²) < 4.78 is 61.0. The largest absolute Gasteiger partial charge is 0.416 e. The van der Waals surface area contributed by atoms with Crippen LogP contribution in [0.1, 0.15) is 23.0 Å². The fraction of sp³-hybridized carbons (Fsp3) is 0.375. The van der Waals surface area contributed by atoms with Crippen LogP contribution in [0.3, 0.4) is 0 Å². The molecule has 2 N–H and O–H groups in total. The van der Waals surface area contributed by atoms with Gasteiger partial charge in [-0.3, -0.25) is 4.79 Å². The number of sulfone groups is 1. The number of hydrogen-bond acceptors (Lipinski definition) is 4. The quantitative estimate of drug-likeness (QED) is 0.845. The van der Waals surface area contributed by atoms with Crippen molar-refractivity contribution in [3.05, 3.63) is 41.7 Å². The molecule has 1 aromatic heterocycles. The summed E-state index contributed by atoms with van der Waals surface area (Å²) in [7, 11) is -3.16. The number of amides is 1. The highest BCUT2D eigenvalue weighted by Gasteiger charge is 2.36. The normalized spacial score (nSPS) is 22.3. The van der Waals surface area contributed by atoms with E-state index in [0.29, 0.717) is 5.56 Å². The zero-order valence-corrected chi connectivity index (χ0v) is 14.5. The Kier molecular flexibility index (Phi) is 4.55. The third kappa shape index (κ3) is 3.90. The molecule has 3 rings (SSSR count). The number of benzene rings is 1. The number of H-pyrrole nitrogens is 1. The fourth-order valence-electron chi connectivity index (χ4n) is 2.85. The second kappa shape index (κ2) is 6.42. The van der Waals surface area contributed by atoms with Gasteiger partial charge in [0.2, 0.25) is 0 Å². The van der Waals surface area contributed by atoms with E-state index >= 15 is 0 Å². The Balaban J connectivity index is 1.72. The lowest BCUT2D eigenvalue weighted by Crippen LogP contribution is -2.39. The Morgan fingerprint density at radius 2 is 1.88 bits per heavy atom. The van der Waals surface area contributed by atoms with E-state index in [4.69, 9.17) is 0 Å². The van der Waals surface area contributed by atoms with E-state index in [1.165, 1.54) is 18.3 Å². The van der Waals surface area contributed by atoms with E-state index in [-0.39, 0.29) is 28.9 Å². The molecular weight excluding hydrogens is 371 g/mol. The van der Waals surface area contributed by atoms with Crippen LogP contribution in [-0.2, 0) is 16.0 Å². The van der Waals surface area contributed by atoms with Gasteiger partial charge < -0.3 is 10.3 Å². The van der Waals surface area contributed by atoms with E-state index in [2.05, 4.69) is 15.3 Å². The number of nitrogens with zero attached hydrogens (tertiary/aromatic N) is 1. The fourth-order valence-corrected chi connectivity index (χ4v) is 4.98. The number of nitrogens with one attached hydrogen (secondary N) is 2. The topological polar surface area (TPSA) is 91.9 Å². The molecule has 26 heavy (non-hydrogen) atoms. The number of carbonyl (C=O) groups excluding carboxylic acids is 1. The zero-order chi connectivity index (χ0) is 19.1. The second-order valence-corrected chi connectivity index (χ2v) is 8.51. The van der Waals surface area contributed by atoms with Gasteiger partial charge in [-0.15, -0.1) is 0 Å². The van der Waals surface area contributed by atoms with E-state index in [1.54, 1.807) is 6.92 Å². The third-order valence-corrected chi connectivity index (χ3v) is 6.16. The average molecular weight is 387 g/mol. The second-order valence-electron chi connectivity index (χ2n) is 6.35. The zero-order valence-electron chi connectivity index (χ0n) is 13.7. The molecule has 1 amide bonds. The molecule has 0 spiro atoms. The Bertz CT molecular complexity index is 920. The number of imidazole rings is 1. The molecule has 1 aliphatic heterocycles. The molecule has 2 atom stereocenters. The molecule has 1 aromatic carbocycles. The number of rotatable bonds is 3. The van der Waals surface area contributed by atoms with Crippen molar-refractivity contribution < 1.29 is 26.4 Å². The lowest BCUT2D eigenvalue weighted by atomic mass is 10.1. The molecular formula is C16H16F3N3O3S. The number of halogens is 3. The summed E-state index contributed by atoms with van der Waals surface area (Å²) in [5.74, 6) is -0.542. The van der Waals surface area contributed by atoms with Gasteiger partial charge in [-0.05, 0) is 18.1 Å². The molecule has 6 nitrogen and oxygen atoms in total. The molecule has 2 heterocycles. The van der Waals surface area contributed by atoms with Gasteiger partial charge in [-0.1, -0.05) is 19.1 Å². The van der Waals surface area contributed by atoms with Crippen molar-refractivity contribution in [3.63, 3.8) is 0 Å². The molecule has 0 aliphatic carbocycles. The summed E-state index contributed by atoms with van der Waals surface area (Å²) >= 11 is 0. The first-order valence-electron chi connectivity index (χ1n) is 7.79. The predicted molar refractivity (Wildman–Crippen MR) is 88.1 cm³/mol. The summed E-state index contributed by atoms with van der Waals surface area (Å²) in [6.07, 6.45) is -3.17. The first-order valence-corrected chi connectivity index (χ1v) is 9.61. The Morgan fingerprint density at radius 1 is 1.23 bits per heavy atom. The van der Waals surface area contributed by atoms with Gasteiger partial charge in [0.1, 0.15) is 11.5 Å². The molecule has 0 saturated carbocycles. The molecule has 2 aromatic rings. The number of alkyl halides is 3. The molecule has 0 radical (unpaired) electrons. The summed E-state index contributed by atoms with van der Waals surface area (Å²) in [4.78, 5) is 19.0. The highest BCUT2D eigenvalue weighted by atomic mass is 32.2. The van der Waals surface area contributed by atoms with Gasteiger partial charge in [-0.25, -0.2) is 13.4 Å². The van der Waals surface area contributed by atoms with Crippen LogP contribution < -0.4 is 5.32 Å². The highest BCUT2D eigenvalue weighted by Crippen LogP contribution is 2.30. The average Bonchev–Trinajstić information content (AvgIpc) is 3.11. The van der Waals surface area contributed by atoms with Gasteiger partial charge in [0.15, 0.2) is 9.84 Å². The maximum absolute atomic E-state index is 12.6. The smallest absolute Gasteiger partial charge is 0.347 e. The third-order valence-electron chi connectivity index (χ3n) is 4.26. The first-order chi connectivity index (χ1) is 12.0. The summed E-state index contributed by atoms with van der Waals surface area (Å²) in [6, 6.07) is 3.90. The maximum Gasteiger partial charge on any atom is 0.416 e. The monoisotopic (exact) mass is 387 g/mol. The standard InChI is InChI=1S/C16H16F3N3O3S/c1-9-7-26(24,25)8-13(9)22-15(23)12-6-20-14(21-12)10-2-4-11(5-3-10)16(17,18)19/h2-6,9,13H,7-8H2,1H3,(H,20,21)(H,22,23)/t9-,13+/m1/s1. The van der Waals surface area contributed by atoms with Gasteiger partial charge in [-0.2, -0.15) is 13.2 Å². The van der Waals surface area contributed by atoms with Crippen molar-refractivity contribution in [2.24, 2.45) is 5.92 Å². The number of aromatic nitrogens is 2. The van der Waals surface area contributed by atoms with Crippen LogP contribution in [0.2, 0.25) is 0 Å². The van der Waals surface area contributed by atoms with Crippen LogP contribution in [-0.4, -0.2) is 41.8 Å². The first kappa shape index (κ1) is 18.4. The van der Waals surface area contributed by atoms with Crippen molar-refractivity contribution in [2.45, 2.75) is 19.1 Å². The molecule has 1 saturated heterocycles. The van der Waals surface area contributed by atoms with E-state index in [1.807, 2.05) is 0 Å². The van der Waals surface area contributed by atoms with Crippen LogP contribution in [0.15, 0.2) is 30.5 Å². The van der Waals surface area contributed by atoms with Crippen LogP contribution in [0.25, 0.3) is 11.4 Å². The Hall–Kier alpha value is -2.36. The lowest BCUT2D eigenvalue weighted by molar-refractivity contribution is -0.137. The van der Waals surface area contributed by atoms with Crippen molar-refractivity contribution in [2.75, 3.05) is 11.5 Å². The van der Waals surface area contributed by atoms with E-state index < -0.39 is 33.5 Å². The molecule has 1 aliphatic rings. The SMILES string of the molecule is C[C@@H]1CS(=O)(=O)C[C@@H]1NC(=O)c1cnc(-c2ccc(C(F)(F)F)cc2)[nH]1. The number of aromatic amines is 1. The minimum atomic E-state index is -4.43. The summed E-state index contributed by atoms with van der Waals surface area (Å²) in [5.41, 5.74) is -0.271. The van der Waals surface area contributed by atoms with Crippen LogP contribution in [0.4, 0.5) is 13.2 Å². The summed E-state index contributed by atoms with van der Waals surface area (Å²) in [6.45, 7) is 1.75. The van der Waals surface area contributed by atoms with Crippen molar-refractivity contribution in [1.82, 2.24) is 15.3 Å². The Labute approximate surface area is 147 Å². The van der Waals surface area contributed by atoms with Crippen molar-refractivity contribution in [3.8, 4) is 11.4 Å². The highest BCUT2D eigenvalue weighted by molar-refractivity contribution is 7.91. The van der Waals surface area contributed by atoms with Crippen LogP contribution >= 0.6 is 0 Å². The van der Waals surface area contributed by atoms with Gasteiger partial charge in [0.25, 0.3) is 5.91 Å². The molecule has 10 heteroatoms. The van der Waals surface area contributed by atoms with E-state index in [0.717, 1.165) is 12.1 Å². The van der Waals surface area contributed by atoms with Crippen LogP contribution in [0.5, 0.6) is 0 Å². The predicted octanol–water partition coefficient (Wildman–Crippen LogP) is 2.26. The molecule has 140 valence electrons. The van der Waals surface area contributed by atoms with Crippen LogP contribution in [0, 0.1) is 5.92 Å². The minimum Gasteiger partial charge on any atom is -0.347 e. The maximum atomic E-state index is 12.6. The van der Waals surface area contributed by atoms with Gasteiger partial charge >= 0.3 is 6.18 Å². The van der Waals surface area contributed by atoms with Crippen molar-refractivity contribution in [1.29, 1.82) is 0 Å². The van der Waals surface area contributed by atoms with E-state index in [9.17, 15) is 26.4 Å². The Morgan fingerprint density at radius 3 is 2.42 bits per heavy atom. The van der Waals surface area contributed by atoms with Gasteiger partial charge in [0, 0.05) is 11.6 Å². The number of hydrogen-bond donors (Lipinski definition) is 2.